The molecule has 0 atom stereocenters. The van der Waals surface area contributed by atoms with Gasteiger partial charge in [-0.2, -0.15) is 0 Å². The van der Waals surface area contributed by atoms with Gasteiger partial charge in [-0.05, 0) is 50.8 Å². The van der Waals surface area contributed by atoms with Crippen LogP contribution in [0.4, 0.5) is 5.69 Å². The molecule has 0 bridgehead atoms. The molecular weight excluding hydrogens is 358 g/mol. The lowest BCUT2D eigenvalue weighted by atomic mass is 10.1. The highest BCUT2D eigenvalue weighted by Crippen LogP contribution is 2.33. The van der Waals surface area contributed by atoms with Crippen LogP contribution in [0.15, 0.2) is 18.2 Å². The number of nitrogens with zero attached hydrogens (tertiary/aromatic N) is 1. The molecule has 0 aromatic heterocycles. The fourth-order valence-corrected chi connectivity index (χ4v) is 3.83. The lowest BCUT2D eigenvalue weighted by Gasteiger charge is -2.29. The normalized spacial score (nSPS) is 17.0. The van der Waals surface area contributed by atoms with E-state index < -0.39 is 0 Å². The number of ketones is 1. The van der Waals surface area contributed by atoms with Crippen LogP contribution in [-0.2, 0) is 9.59 Å². The molecule has 7 heteroatoms. The smallest absolute Gasteiger partial charge is 0.265 e. The number of anilines is 1. The van der Waals surface area contributed by atoms with Gasteiger partial charge in [0.05, 0.1) is 31.9 Å². The first kappa shape index (κ1) is 20.3. The zero-order chi connectivity index (χ0) is 19.9. The van der Waals surface area contributed by atoms with E-state index in [0.717, 1.165) is 6.54 Å². The standard InChI is InChI=1S/C21H29N3O4/c1-16(25)17-7-8-19-18(14-17)24(21(27)15-28-19)12-5-6-20(26)22-9-13-23-10-3-2-4-11-23/h7-8,14H,2-6,9-13,15H2,1H3,(H,22,26)/p+1. The van der Waals surface area contributed by atoms with Gasteiger partial charge in [0.2, 0.25) is 5.91 Å². The number of carbonyl (C=O) groups is 3. The summed E-state index contributed by atoms with van der Waals surface area (Å²) in [5, 5.41) is 2.99. The fourth-order valence-electron chi connectivity index (χ4n) is 3.83. The van der Waals surface area contributed by atoms with Crippen molar-refractivity contribution in [1.29, 1.82) is 0 Å². The van der Waals surface area contributed by atoms with E-state index in [1.54, 1.807) is 28.0 Å². The van der Waals surface area contributed by atoms with Crippen molar-refractivity contribution >= 4 is 23.3 Å². The molecule has 2 aliphatic heterocycles. The van der Waals surface area contributed by atoms with E-state index in [1.165, 1.54) is 39.3 Å². The number of piperidine rings is 1. The van der Waals surface area contributed by atoms with E-state index in [0.29, 0.717) is 42.9 Å². The highest BCUT2D eigenvalue weighted by Gasteiger charge is 2.26. The summed E-state index contributed by atoms with van der Waals surface area (Å²) in [6.45, 7) is 6.00. The number of hydrogen-bond acceptors (Lipinski definition) is 4. The second kappa shape index (κ2) is 9.68. The molecule has 2 aliphatic rings. The number of benzene rings is 1. The number of rotatable bonds is 8. The van der Waals surface area contributed by atoms with Gasteiger partial charge in [0.1, 0.15) is 5.75 Å². The van der Waals surface area contributed by atoms with E-state index >= 15 is 0 Å². The molecule has 2 N–H and O–H groups in total. The molecular formula is C21H30N3O4+. The predicted molar refractivity (Wildman–Crippen MR) is 106 cm³/mol. The molecule has 2 amide bonds. The molecule has 1 aromatic carbocycles. The SMILES string of the molecule is CC(=O)c1ccc2c(c1)N(CCCC(=O)NCC[NH+]1CCCCC1)C(=O)CO2. The maximum Gasteiger partial charge on any atom is 0.265 e. The molecule has 28 heavy (non-hydrogen) atoms. The Labute approximate surface area is 166 Å². The van der Waals surface area contributed by atoms with Crippen molar-refractivity contribution in [3.8, 4) is 5.75 Å². The molecule has 3 rings (SSSR count). The second-order valence-corrected chi connectivity index (χ2v) is 7.59. The van der Waals surface area contributed by atoms with E-state index in [4.69, 9.17) is 4.74 Å². The van der Waals surface area contributed by atoms with E-state index in [9.17, 15) is 14.4 Å². The van der Waals surface area contributed by atoms with E-state index in [-0.39, 0.29) is 24.2 Å². The van der Waals surface area contributed by atoms with Gasteiger partial charge >= 0.3 is 0 Å². The Hall–Kier alpha value is -2.41. The number of likely N-dealkylation sites (tertiary alicyclic amines) is 1. The Balaban J connectivity index is 1.46. The van der Waals surface area contributed by atoms with Gasteiger partial charge in [0.15, 0.2) is 12.4 Å². The van der Waals surface area contributed by atoms with Crippen LogP contribution in [0.5, 0.6) is 5.75 Å². The summed E-state index contributed by atoms with van der Waals surface area (Å²) in [6.07, 6.45) is 4.83. The van der Waals surface area contributed by atoms with Gasteiger partial charge in [0, 0.05) is 18.5 Å². The van der Waals surface area contributed by atoms with Crippen molar-refractivity contribution in [2.24, 2.45) is 0 Å². The molecule has 152 valence electrons. The minimum absolute atomic E-state index is 0.0166. The molecule has 0 aliphatic carbocycles. The van der Waals surface area contributed by atoms with Crippen LogP contribution in [0.25, 0.3) is 0 Å². The minimum atomic E-state index is -0.151. The van der Waals surface area contributed by atoms with Gasteiger partial charge < -0.3 is 19.9 Å². The van der Waals surface area contributed by atoms with Crippen molar-refractivity contribution in [2.75, 3.05) is 44.2 Å². The average Bonchev–Trinajstić information content (AvgIpc) is 2.70. The Kier molecular flexibility index (Phi) is 7.03. The second-order valence-electron chi connectivity index (χ2n) is 7.59. The van der Waals surface area contributed by atoms with Crippen molar-refractivity contribution in [1.82, 2.24) is 5.32 Å². The van der Waals surface area contributed by atoms with Gasteiger partial charge in [-0.15, -0.1) is 0 Å². The molecule has 1 fully saturated rings. The maximum absolute atomic E-state index is 12.3. The molecule has 0 radical (unpaired) electrons. The van der Waals surface area contributed by atoms with Crippen LogP contribution in [-0.4, -0.2) is 56.9 Å². The summed E-state index contributed by atoms with van der Waals surface area (Å²) >= 11 is 0. The monoisotopic (exact) mass is 388 g/mol. The summed E-state index contributed by atoms with van der Waals surface area (Å²) in [5.74, 6) is 0.409. The van der Waals surface area contributed by atoms with Crippen molar-refractivity contribution < 1.29 is 24.0 Å². The number of hydrogen-bond donors (Lipinski definition) is 2. The zero-order valence-corrected chi connectivity index (χ0v) is 16.6. The number of ether oxygens (including phenoxy) is 1. The zero-order valence-electron chi connectivity index (χ0n) is 16.6. The van der Waals surface area contributed by atoms with Crippen LogP contribution in [0.1, 0.15) is 49.4 Å². The van der Waals surface area contributed by atoms with Gasteiger partial charge in [0.25, 0.3) is 5.91 Å². The summed E-state index contributed by atoms with van der Waals surface area (Å²) in [7, 11) is 0. The number of amides is 2. The fraction of sp³-hybridized carbons (Fsp3) is 0.571. The van der Waals surface area contributed by atoms with Gasteiger partial charge in [-0.1, -0.05) is 0 Å². The molecule has 1 saturated heterocycles. The van der Waals surface area contributed by atoms with Gasteiger partial charge in [-0.3, -0.25) is 14.4 Å². The Morgan fingerprint density at radius 2 is 2.00 bits per heavy atom. The largest absolute Gasteiger partial charge is 0.482 e. The average molecular weight is 388 g/mol. The quantitative estimate of drug-likeness (QED) is 0.639. The van der Waals surface area contributed by atoms with E-state index in [2.05, 4.69) is 5.32 Å². The van der Waals surface area contributed by atoms with Crippen LogP contribution in [0, 0.1) is 0 Å². The third-order valence-electron chi connectivity index (χ3n) is 5.46. The number of carbonyl (C=O) groups excluding carboxylic acids is 3. The Morgan fingerprint density at radius 3 is 2.75 bits per heavy atom. The topological polar surface area (TPSA) is 80.2 Å². The maximum atomic E-state index is 12.3. The van der Waals surface area contributed by atoms with Crippen LogP contribution < -0.4 is 19.9 Å². The molecule has 0 unspecified atom stereocenters. The summed E-state index contributed by atoms with van der Waals surface area (Å²) in [6, 6.07) is 5.12. The van der Waals surface area contributed by atoms with Crippen molar-refractivity contribution in [3.63, 3.8) is 0 Å². The van der Waals surface area contributed by atoms with Crippen LogP contribution in [0.2, 0.25) is 0 Å². The highest BCUT2D eigenvalue weighted by atomic mass is 16.5. The van der Waals surface area contributed by atoms with Crippen molar-refractivity contribution in [2.45, 2.75) is 39.0 Å². The summed E-state index contributed by atoms with van der Waals surface area (Å²) in [5.41, 5.74) is 1.15. The number of Topliss-reactive ketones (excluding diaryl/α,β-unsaturated/α-hetero) is 1. The Bertz CT molecular complexity index is 728. The molecule has 7 nitrogen and oxygen atoms in total. The van der Waals surface area contributed by atoms with E-state index in [1.807, 2.05) is 0 Å². The number of nitrogens with one attached hydrogen (secondary N) is 2. The highest BCUT2D eigenvalue weighted by molar-refractivity contribution is 6.01. The Morgan fingerprint density at radius 1 is 1.21 bits per heavy atom. The molecule has 0 saturated carbocycles. The van der Waals surface area contributed by atoms with Crippen LogP contribution in [0.3, 0.4) is 0 Å². The first-order valence-corrected chi connectivity index (χ1v) is 10.2. The number of quaternary nitrogens is 1. The summed E-state index contributed by atoms with van der Waals surface area (Å²) in [4.78, 5) is 39.2. The first-order chi connectivity index (χ1) is 13.5. The molecule has 1 aromatic rings. The third-order valence-corrected chi connectivity index (χ3v) is 5.46. The first-order valence-electron chi connectivity index (χ1n) is 10.2. The molecule has 0 spiro atoms. The lowest BCUT2D eigenvalue weighted by molar-refractivity contribution is -0.903. The lowest BCUT2D eigenvalue weighted by Crippen LogP contribution is -3.13. The summed E-state index contributed by atoms with van der Waals surface area (Å²) < 4.78 is 5.45. The number of fused-ring (bicyclic) bond motifs is 1. The van der Waals surface area contributed by atoms with Crippen LogP contribution >= 0.6 is 0 Å². The predicted octanol–water partition coefficient (Wildman–Crippen LogP) is 0.580. The molecule has 2 heterocycles. The minimum Gasteiger partial charge on any atom is -0.482 e. The van der Waals surface area contributed by atoms with Crippen molar-refractivity contribution in [3.05, 3.63) is 23.8 Å². The van der Waals surface area contributed by atoms with Gasteiger partial charge in [-0.25, -0.2) is 0 Å². The third kappa shape index (κ3) is 5.32.